The third-order valence-corrected chi connectivity index (χ3v) is 6.47. The Hall–Kier alpha value is -2.89. The van der Waals surface area contributed by atoms with Crippen molar-refractivity contribution >= 4 is 16.7 Å². The molecule has 4 rings (SSSR count). The van der Waals surface area contributed by atoms with Crippen molar-refractivity contribution in [2.75, 3.05) is 33.4 Å². The number of aliphatic hydroxyl groups is 1. The van der Waals surface area contributed by atoms with E-state index in [9.17, 15) is 15.0 Å². The molecule has 5 nitrogen and oxygen atoms in total. The van der Waals surface area contributed by atoms with Crippen molar-refractivity contribution in [1.82, 2.24) is 4.90 Å². The third kappa shape index (κ3) is 4.16. The van der Waals surface area contributed by atoms with Gasteiger partial charge in [0.1, 0.15) is 5.75 Å². The zero-order valence-corrected chi connectivity index (χ0v) is 18.1. The molecular formula is C26H29NO4. The molecule has 1 aliphatic heterocycles. The zero-order chi connectivity index (χ0) is 22.0. The minimum absolute atomic E-state index is 0.0495. The molecule has 1 heterocycles. The molecule has 0 aliphatic carbocycles. The Morgan fingerprint density at radius 1 is 1.06 bits per heavy atom. The van der Waals surface area contributed by atoms with E-state index in [1.165, 1.54) is 0 Å². The van der Waals surface area contributed by atoms with E-state index in [-0.39, 0.29) is 23.7 Å². The molecule has 0 atom stereocenters. The maximum absolute atomic E-state index is 13.4. The molecule has 0 unspecified atom stereocenters. The number of aryl methyl sites for hydroxylation is 1. The first-order valence-electron chi connectivity index (χ1n) is 10.7. The molecule has 0 spiro atoms. The van der Waals surface area contributed by atoms with Crippen LogP contribution in [0.4, 0.5) is 0 Å². The minimum Gasteiger partial charge on any atom is -0.508 e. The van der Waals surface area contributed by atoms with Crippen LogP contribution in [0, 0.1) is 12.3 Å². The number of ether oxygens (including phenoxy) is 1. The molecule has 2 N–H and O–H groups in total. The van der Waals surface area contributed by atoms with Gasteiger partial charge in [-0.3, -0.25) is 4.79 Å². The molecule has 0 bridgehead atoms. The van der Waals surface area contributed by atoms with Crippen LogP contribution >= 0.6 is 0 Å². The van der Waals surface area contributed by atoms with Crippen molar-refractivity contribution in [1.29, 1.82) is 0 Å². The lowest BCUT2D eigenvalue weighted by Crippen LogP contribution is -2.44. The Labute approximate surface area is 182 Å². The van der Waals surface area contributed by atoms with Crippen LogP contribution in [0.3, 0.4) is 0 Å². The van der Waals surface area contributed by atoms with Gasteiger partial charge in [-0.25, -0.2) is 0 Å². The largest absolute Gasteiger partial charge is 0.508 e. The summed E-state index contributed by atoms with van der Waals surface area (Å²) in [4.78, 5) is 15.1. The number of hydrogen-bond acceptors (Lipinski definition) is 4. The normalized spacial score (nSPS) is 15.7. The molecule has 1 amide bonds. The van der Waals surface area contributed by atoms with Crippen molar-refractivity contribution in [3.63, 3.8) is 0 Å². The van der Waals surface area contributed by atoms with E-state index in [4.69, 9.17) is 4.74 Å². The molecule has 3 aromatic rings. The van der Waals surface area contributed by atoms with Crippen molar-refractivity contribution in [2.45, 2.75) is 19.8 Å². The first-order chi connectivity index (χ1) is 14.9. The summed E-state index contributed by atoms with van der Waals surface area (Å²) in [5, 5.41) is 21.8. The van der Waals surface area contributed by atoms with E-state index in [1.807, 2.05) is 55.5 Å². The second kappa shape index (κ2) is 8.69. The Kier molecular flexibility index (Phi) is 5.99. The summed E-state index contributed by atoms with van der Waals surface area (Å²) in [6, 6.07) is 17.3. The summed E-state index contributed by atoms with van der Waals surface area (Å²) in [5.41, 5.74) is 3.18. The van der Waals surface area contributed by atoms with Gasteiger partial charge in [-0.05, 0) is 65.4 Å². The minimum atomic E-state index is -0.304. The standard InChI is InChI=1S/C26H29NO4/c1-18-15-19(9-10-24(18)29)20-5-3-7-22-21(20)6-4-8-23(22)25(30)27(2)16-26(17-28)11-13-31-14-12-26/h3-10,15,28-29H,11-14,16-17H2,1-2H3. The summed E-state index contributed by atoms with van der Waals surface area (Å²) in [5.74, 6) is 0.219. The van der Waals surface area contributed by atoms with Gasteiger partial charge in [0.15, 0.2) is 0 Å². The van der Waals surface area contributed by atoms with Gasteiger partial charge in [-0.15, -0.1) is 0 Å². The number of amides is 1. The van der Waals surface area contributed by atoms with Crippen LogP contribution in [-0.2, 0) is 4.74 Å². The fourth-order valence-electron chi connectivity index (χ4n) is 4.52. The van der Waals surface area contributed by atoms with Gasteiger partial charge in [-0.1, -0.05) is 36.4 Å². The molecule has 1 saturated heterocycles. The predicted molar refractivity (Wildman–Crippen MR) is 122 cm³/mol. The fourth-order valence-corrected chi connectivity index (χ4v) is 4.52. The molecule has 0 radical (unpaired) electrons. The highest BCUT2D eigenvalue weighted by atomic mass is 16.5. The molecular weight excluding hydrogens is 390 g/mol. The maximum Gasteiger partial charge on any atom is 0.254 e. The van der Waals surface area contributed by atoms with E-state index < -0.39 is 0 Å². The van der Waals surface area contributed by atoms with Gasteiger partial charge in [0.25, 0.3) is 5.91 Å². The average Bonchev–Trinajstić information content (AvgIpc) is 2.80. The van der Waals surface area contributed by atoms with Crippen LogP contribution < -0.4 is 0 Å². The van der Waals surface area contributed by atoms with Gasteiger partial charge in [0.05, 0.1) is 6.61 Å². The van der Waals surface area contributed by atoms with Gasteiger partial charge in [0, 0.05) is 37.8 Å². The van der Waals surface area contributed by atoms with E-state index >= 15 is 0 Å². The lowest BCUT2D eigenvalue weighted by molar-refractivity contribution is -0.0282. The summed E-state index contributed by atoms with van der Waals surface area (Å²) in [6.07, 6.45) is 1.50. The van der Waals surface area contributed by atoms with Crippen LogP contribution in [-0.4, -0.2) is 54.4 Å². The average molecular weight is 420 g/mol. The number of fused-ring (bicyclic) bond motifs is 1. The van der Waals surface area contributed by atoms with Gasteiger partial charge >= 0.3 is 0 Å². The Morgan fingerprint density at radius 3 is 2.48 bits per heavy atom. The summed E-state index contributed by atoms with van der Waals surface area (Å²) in [7, 11) is 1.81. The number of phenolic OH excluding ortho intramolecular Hbond substituents is 1. The lowest BCUT2D eigenvalue weighted by Gasteiger charge is -2.38. The second-order valence-electron chi connectivity index (χ2n) is 8.64. The Morgan fingerprint density at radius 2 is 1.77 bits per heavy atom. The van der Waals surface area contributed by atoms with Crippen LogP contribution in [0.25, 0.3) is 21.9 Å². The van der Waals surface area contributed by atoms with Gasteiger partial charge in [-0.2, -0.15) is 0 Å². The van der Waals surface area contributed by atoms with E-state index in [0.717, 1.165) is 40.3 Å². The maximum atomic E-state index is 13.4. The molecule has 5 heteroatoms. The van der Waals surface area contributed by atoms with Crippen LogP contribution in [0.5, 0.6) is 5.75 Å². The number of aliphatic hydroxyl groups excluding tert-OH is 1. The van der Waals surface area contributed by atoms with Crippen LogP contribution in [0.1, 0.15) is 28.8 Å². The molecule has 3 aromatic carbocycles. The van der Waals surface area contributed by atoms with E-state index in [0.29, 0.717) is 25.3 Å². The van der Waals surface area contributed by atoms with Crippen LogP contribution in [0.15, 0.2) is 54.6 Å². The Balaban J connectivity index is 1.69. The SMILES string of the molecule is Cc1cc(-c2cccc3c(C(=O)N(C)CC4(CO)CCOCC4)cccc23)ccc1O. The number of benzene rings is 3. The second-order valence-corrected chi connectivity index (χ2v) is 8.64. The smallest absolute Gasteiger partial charge is 0.254 e. The van der Waals surface area contributed by atoms with Crippen LogP contribution in [0.2, 0.25) is 0 Å². The summed E-state index contributed by atoms with van der Waals surface area (Å²) < 4.78 is 5.45. The van der Waals surface area contributed by atoms with Crippen molar-refractivity contribution < 1.29 is 19.7 Å². The molecule has 1 aliphatic rings. The predicted octanol–water partition coefficient (Wildman–Crippen LogP) is 4.38. The number of hydrogen-bond donors (Lipinski definition) is 2. The Bertz CT molecular complexity index is 1100. The van der Waals surface area contributed by atoms with Crippen molar-refractivity contribution in [3.8, 4) is 16.9 Å². The van der Waals surface area contributed by atoms with E-state index in [1.54, 1.807) is 18.0 Å². The third-order valence-electron chi connectivity index (χ3n) is 6.47. The molecule has 0 aromatic heterocycles. The number of aromatic hydroxyl groups is 1. The number of carbonyl (C=O) groups excluding carboxylic acids is 1. The quantitative estimate of drug-likeness (QED) is 0.644. The number of nitrogens with zero attached hydrogens (tertiary/aromatic N) is 1. The highest BCUT2D eigenvalue weighted by molar-refractivity contribution is 6.10. The number of carbonyl (C=O) groups is 1. The zero-order valence-electron chi connectivity index (χ0n) is 18.1. The highest BCUT2D eigenvalue weighted by Crippen LogP contribution is 2.34. The summed E-state index contributed by atoms with van der Waals surface area (Å²) in [6.45, 7) is 3.66. The summed E-state index contributed by atoms with van der Waals surface area (Å²) >= 11 is 0. The monoisotopic (exact) mass is 419 g/mol. The highest BCUT2D eigenvalue weighted by Gasteiger charge is 2.34. The topological polar surface area (TPSA) is 70.0 Å². The molecule has 0 saturated carbocycles. The molecule has 31 heavy (non-hydrogen) atoms. The van der Waals surface area contributed by atoms with Crippen molar-refractivity contribution in [3.05, 3.63) is 65.7 Å². The first-order valence-corrected chi connectivity index (χ1v) is 10.7. The fraction of sp³-hybridized carbons (Fsp3) is 0.346. The molecule has 162 valence electrons. The van der Waals surface area contributed by atoms with Gasteiger partial charge < -0.3 is 19.8 Å². The molecule has 1 fully saturated rings. The number of rotatable bonds is 5. The number of phenols is 1. The van der Waals surface area contributed by atoms with Gasteiger partial charge in [0.2, 0.25) is 0 Å². The lowest BCUT2D eigenvalue weighted by atomic mass is 9.80. The van der Waals surface area contributed by atoms with Crippen molar-refractivity contribution in [2.24, 2.45) is 5.41 Å². The van der Waals surface area contributed by atoms with E-state index in [2.05, 4.69) is 0 Å². The first kappa shape index (κ1) is 21.3.